The molecule has 1 aliphatic carbocycles. The van der Waals surface area contributed by atoms with Gasteiger partial charge in [0.15, 0.2) is 0 Å². The molecule has 0 N–H and O–H groups in total. The van der Waals surface area contributed by atoms with Crippen LogP contribution in [0.4, 0.5) is 0 Å². The van der Waals surface area contributed by atoms with Crippen molar-refractivity contribution in [2.24, 2.45) is 0 Å². The Kier molecular flexibility index (Phi) is 5.77. The van der Waals surface area contributed by atoms with Gasteiger partial charge in [-0.05, 0) is 58.3 Å². The fraction of sp³-hybridized carbons (Fsp3) is 0.583. The summed E-state index contributed by atoms with van der Waals surface area (Å²) in [5, 5.41) is 0. The molecule has 0 unspecified atom stereocenters. The van der Waals surface area contributed by atoms with Crippen LogP contribution >= 0.6 is 0 Å². The predicted octanol–water partition coefficient (Wildman–Crippen LogP) is 3.43. The maximum atomic E-state index is 13.6. The van der Waals surface area contributed by atoms with Crippen molar-refractivity contribution in [3.05, 3.63) is 41.1 Å². The average Bonchev–Trinajstić information content (AvgIpc) is 2.99. The summed E-state index contributed by atoms with van der Waals surface area (Å²) in [4.78, 5) is 33.2. The van der Waals surface area contributed by atoms with Gasteiger partial charge < -0.3 is 9.80 Å². The van der Waals surface area contributed by atoms with Crippen LogP contribution in [0, 0.1) is 6.92 Å². The first-order chi connectivity index (χ1) is 14.0. The van der Waals surface area contributed by atoms with E-state index in [1.165, 1.54) is 6.42 Å². The van der Waals surface area contributed by atoms with Gasteiger partial charge in [-0.15, -0.1) is 0 Å². The molecule has 0 spiro atoms. The highest BCUT2D eigenvalue weighted by Gasteiger charge is 2.45. The molecule has 0 radical (unpaired) electrons. The molecule has 4 rings (SSSR count). The van der Waals surface area contributed by atoms with Crippen molar-refractivity contribution in [2.45, 2.75) is 64.0 Å². The fourth-order valence-corrected chi connectivity index (χ4v) is 5.08. The van der Waals surface area contributed by atoms with Crippen molar-refractivity contribution in [1.29, 1.82) is 0 Å². The highest BCUT2D eigenvalue weighted by molar-refractivity contribution is 6.35. The number of carbonyl (C=O) groups is 2. The third-order valence-corrected chi connectivity index (χ3v) is 6.96. The van der Waals surface area contributed by atoms with Gasteiger partial charge in [0.25, 0.3) is 11.8 Å². The van der Waals surface area contributed by atoms with E-state index in [4.69, 9.17) is 0 Å². The normalized spacial score (nSPS) is 22.7. The summed E-state index contributed by atoms with van der Waals surface area (Å²) in [6.07, 6.45) is 7.30. The van der Waals surface area contributed by atoms with Crippen LogP contribution in [0.3, 0.4) is 0 Å². The molecule has 1 saturated carbocycles. The van der Waals surface area contributed by atoms with E-state index in [1.807, 2.05) is 38.2 Å². The van der Waals surface area contributed by atoms with Crippen LogP contribution in [0.25, 0.3) is 5.57 Å². The van der Waals surface area contributed by atoms with Crippen LogP contribution in [-0.4, -0.2) is 65.8 Å². The largest absolute Gasteiger partial charge is 0.366 e. The Hall–Kier alpha value is -2.14. The third kappa shape index (κ3) is 3.85. The summed E-state index contributed by atoms with van der Waals surface area (Å²) >= 11 is 0. The lowest BCUT2D eigenvalue weighted by Crippen LogP contribution is -2.46. The number of likely N-dealkylation sites (N-methyl/N-ethyl adjacent to an activating group) is 1. The van der Waals surface area contributed by atoms with Crippen LogP contribution in [0.2, 0.25) is 0 Å². The van der Waals surface area contributed by atoms with Gasteiger partial charge in [0, 0.05) is 19.1 Å². The molecule has 29 heavy (non-hydrogen) atoms. The highest BCUT2D eigenvalue weighted by atomic mass is 16.2. The number of aryl methyl sites for hydroxylation is 1. The van der Waals surface area contributed by atoms with Crippen LogP contribution in [-0.2, 0) is 9.59 Å². The number of likely N-dealkylation sites (tertiary alicyclic amines) is 1. The zero-order valence-electron chi connectivity index (χ0n) is 18.0. The number of hydrogen-bond acceptors (Lipinski definition) is 4. The van der Waals surface area contributed by atoms with E-state index in [1.54, 1.807) is 4.90 Å². The first kappa shape index (κ1) is 20.1. The Morgan fingerprint density at radius 3 is 2.14 bits per heavy atom. The number of nitrogens with zero attached hydrogens (tertiary/aromatic N) is 3. The number of piperidine rings is 1. The third-order valence-electron chi connectivity index (χ3n) is 6.96. The first-order valence-electron chi connectivity index (χ1n) is 11.1. The minimum Gasteiger partial charge on any atom is -0.366 e. The van der Waals surface area contributed by atoms with Gasteiger partial charge in [0.2, 0.25) is 0 Å². The predicted molar refractivity (Wildman–Crippen MR) is 115 cm³/mol. The van der Waals surface area contributed by atoms with Gasteiger partial charge in [-0.25, -0.2) is 0 Å². The van der Waals surface area contributed by atoms with E-state index < -0.39 is 0 Å². The van der Waals surface area contributed by atoms with Crippen molar-refractivity contribution in [1.82, 2.24) is 14.7 Å². The van der Waals surface area contributed by atoms with Crippen LogP contribution in [0.1, 0.15) is 56.1 Å². The molecule has 1 aromatic rings. The molecular formula is C24H33N3O2. The standard InChI is InChI=1S/C24H33N3O2/c1-17-9-11-18(12-10-17)21-22(26(3)19-13-15-25(2)16-14-19)24(29)27(23(21)28)20-7-5-4-6-8-20/h9-12,19-20H,4-8,13-16H2,1-3H3. The van der Waals surface area contributed by atoms with Crippen molar-refractivity contribution in [3.63, 3.8) is 0 Å². The Morgan fingerprint density at radius 2 is 1.52 bits per heavy atom. The van der Waals surface area contributed by atoms with Crippen LogP contribution in [0.15, 0.2) is 30.0 Å². The van der Waals surface area contributed by atoms with Gasteiger partial charge in [0.05, 0.1) is 5.57 Å². The molecule has 156 valence electrons. The molecular weight excluding hydrogens is 362 g/mol. The molecule has 5 nitrogen and oxygen atoms in total. The lowest BCUT2D eigenvalue weighted by atomic mass is 9.94. The second-order valence-electron chi connectivity index (χ2n) is 9.01. The van der Waals surface area contributed by atoms with Gasteiger partial charge in [-0.2, -0.15) is 0 Å². The summed E-state index contributed by atoms with van der Waals surface area (Å²) in [6.45, 7) is 4.09. The molecule has 0 aromatic heterocycles. The topological polar surface area (TPSA) is 43.9 Å². The van der Waals surface area contributed by atoms with Crippen molar-refractivity contribution < 1.29 is 9.59 Å². The highest BCUT2D eigenvalue weighted by Crippen LogP contribution is 2.37. The molecule has 1 aromatic carbocycles. The fourth-order valence-electron chi connectivity index (χ4n) is 5.08. The second-order valence-corrected chi connectivity index (χ2v) is 9.01. The maximum Gasteiger partial charge on any atom is 0.278 e. The lowest BCUT2D eigenvalue weighted by molar-refractivity contribution is -0.141. The summed E-state index contributed by atoms with van der Waals surface area (Å²) in [6, 6.07) is 8.37. The molecule has 5 heteroatoms. The van der Waals surface area contributed by atoms with Crippen LogP contribution < -0.4 is 0 Å². The van der Waals surface area contributed by atoms with Gasteiger partial charge in [-0.1, -0.05) is 49.1 Å². The quantitative estimate of drug-likeness (QED) is 0.733. The van der Waals surface area contributed by atoms with E-state index in [9.17, 15) is 9.59 Å². The van der Waals surface area contributed by atoms with Crippen molar-refractivity contribution >= 4 is 17.4 Å². The Bertz CT molecular complexity index is 800. The zero-order valence-corrected chi connectivity index (χ0v) is 18.0. The van der Waals surface area contributed by atoms with Gasteiger partial charge >= 0.3 is 0 Å². The Balaban J connectivity index is 1.71. The van der Waals surface area contributed by atoms with Gasteiger partial charge in [-0.3, -0.25) is 14.5 Å². The smallest absolute Gasteiger partial charge is 0.278 e. The Morgan fingerprint density at radius 1 is 0.897 bits per heavy atom. The minimum atomic E-state index is -0.0967. The van der Waals surface area contributed by atoms with E-state index >= 15 is 0 Å². The Labute approximate surface area is 174 Å². The molecule has 2 amide bonds. The van der Waals surface area contributed by atoms with Gasteiger partial charge in [0.1, 0.15) is 5.70 Å². The van der Waals surface area contributed by atoms with Crippen molar-refractivity contribution in [3.8, 4) is 0 Å². The zero-order chi connectivity index (χ0) is 20.5. The number of benzene rings is 1. The molecule has 0 bridgehead atoms. The first-order valence-corrected chi connectivity index (χ1v) is 11.1. The van der Waals surface area contributed by atoms with E-state index in [0.29, 0.717) is 17.3 Å². The molecule has 2 fully saturated rings. The molecule has 1 saturated heterocycles. The second kappa shape index (κ2) is 8.31. The number of rotatable bonds is 4. The molecule has 0 atom stereocenters. The number of amides is 2. The van der Waals surface area contributed by atoms with E-state index in [0.717, 1.165) is 62.7 Å². The summed E-state index contributed by atoms with van der Waals surface area (Å²) in [5.74, 6) is -0.181. The number of hydrogen-bond donors (Lipinski definition) is 0. The summed E-state index contributed by atoms with van der Waals surface area (Å²) in [5.41, 5.74) is 3.23. The SMILES string of the molecule is Cc1ccc(C2=C(N(C)C3CCN(C)CC3)C(=O)N(C3CCCCC3)C2=O)cc1. The summed E-state index contributed by atoms with van der Waals surface area (Å²) < 4.78 is 0. The monoisotopic (exact) mass is 395 g/mol. The van der Waals surface area contributed by atoms with E-state index in [-0.39, 0.29) is 17.9 Å². The number of imide groups is 1. The lowest BCUT2D eigenvalue weighted by Gasteiger charge is -2.37. The van der Waals surface area contributed by atoms with E-state index in [2.05, 4.69) is 16.8 Å². The molecule has 2 aliphatic heterocycles. The maximum absolute atomic E-state index is 13.6. The number of carbonyl (C=O) groups excluding carboxylic acids is 2. The minimum absolute atomic E-state index is 0.0487. The molecule has 3 aliphatic rings. The average molecular weight is 396 g/mol. The van der Waals surface area contributed by atoms with Crippen LogP contribution in [0.5, 0.6) is 0 Å². The summed E-state index contributed by atoms with van der Waals surface area (Å²) in [7, 11) is 4.15. The molecule has 2 heterocycles. The van der Waals surface area contributed by atoms with Crippen molar-refractivity contribution in [2.75, 3.05) is 27.2 Å².